The SMILES string of the molecule is CCN(CC)c1nc(N)nc(N(CC)CC(N)=O)n1. The maximum absolute atomic E-state index is 11.0. The van der Waals surface area contributed by atoms with E-state index >= 15 is 0 Å². The van der Waals surface area contributed by atoms with Crippen molar-refractivity contribution in [1.29, 1.82) is 0 Å². The number of nitrogens with two attached hydrogens (primary N) is 2. The molecule has 1 amide bonds. The van der Waals surface area contributed by atoms with Gasteiger partial charge in [0.25, 0.3) is 0 Å². The number of aromatic nitrogens is 3. The molecule has 0 fully saturated rings. The Kier molecular flexibility index (Phi) is 5.28. The Hall–Kier alpha value is -2.12. The third-order valence-corrected chi connectivity index (χ3v) is 2.69. The van der Waals surface area contributed by atoms with Gasteiger partial charge >= 0.3 is 0 Å². The molecule has 1 rings (SSSR count). The lowest BCUT2D eigenvalue weighted by molar-refractivity contribution is -0.116. The lowest BCUT2D eigenvalue weighted by Crippen LogP contribution is -2.35. The van der Waals surface area contributed by atoms with E-state index in [1.54, 1.807) is 4.90 Å². The van der Waals surface area contributed by atoms with Gasteiger partial charge in [-0.05, 0) is 20.8 Å². The molecule has 0 bridgehead atoms. The molecule has 0 atom stereocenters. The smallest absolute Gasteiger partial charge is 0.237 e. The molecule has 19 heavy (non-hydrogen) atoms. The van der Waals surface area contributed by atoms with Gasteiger partial charge in [-0.3, -0.25) is 4.79 Å². The van der Waals surface area contributed by atoms with E-state index in [2.05, 4.69) is 15.0 Å². The molecule has 0 aliphatic heterocycles. The number of anilines is 3. The van der Waals surface area contributed by atoms with Gasteiger partial charge in [0.2, 0.25) is 23.8 Å². The second-order valence-electron chi connectivity index (χ2n) is 3.95. The van der Waals surface area contributed by atoms with Crippen LogP contribution in [0.2, 0.25) is 0 Å². The van der Waals surface area contributed by atoms with E-state index in [-0.39, 0.29) is 12.5 Å². The van der Waals surface area contributed by atoms with Crippen LogP contribution in [-0.2, 0) is 4.79 Å². The summed E-state index contributed by atoms with van der Waals surface area (Å²) in [5, 5.41) is 0. The predicted octanol–water partition coefficient (Wildman–Crippen LogP) is -0.388. The quantitative estimate of drug-likeness (QED) is 0.691. The Bertz CT molecular complexity index is 433. The van der Waals surface area contributed by atoms with Gasteiger partial charge in [0.15, 0.2) is 0 Å². The van der Waals surface area contributed by atoms with E-state index in [4.69, 9.17) is 11.5 Å². The number of primary amides is 1. The summed E-state index contributed by atoms with van der Waals surface area (Å²) >= 11 is 0. The molecular weight excluding hydrogens is 246 g/mol. The molecule has 106 valence electrons. The van der Waals surface area contributed by atoms with Crippen molar-refractivity contribution in [2.24, 2.45) is 5.73 Å². The zero-order valence-corrected chi connectivity index (χ0v) is 11.6. The Morgan fingerprint density at radius 1 is 1.00 bits per heavy atom. The summed E-state index contributed by atoms with van der Waals surface area (Å²) < 4.78 is 0. The number of carbonyl (C=O) groups is 1. The fourth-order valence-corrected chi connectivity index (χ4v) is 1.67. The van der Waals surface area contributed by atoms with E-state index in [1.807, 2.05) is 25.7 Å². The van der Waals surface area contributed by atoms with Crippen LogP contribution in [0, 0.1) is 0 Å². The van der Waals surface area contributed by atoms with Crippen LogP contribution in [0.25, 0.3) is 0 Å². The van der Waals surface area contributed by atoms with Crippen LogP contribution >= 0.6 is 0 Å². The van der Waals surface area contributed by atoms with Crippen LogP contribution in [0.5, 0.6) is 0 Å². The van der Waals surface area contributed by atoms with Crippen LogP contribution < -0.4 is 21.3 Å². The molecule has 1 aromatic rings. The molecule has 0 aromatic carbocycles. The molecule has 4 N–H and O–H groups in total. The maximum atomic E-state index is 11.0. The minimum atomic E-state index is -0.440. The average Bonchev–Trinajstić information content (AvgIpc) is 2.36. The summed E-state index contributed by atoms with van der Waals surface area (Å²) in [5.74, 6) is 0.575. The minimum absolute atomic E-state index is 0.0532. The van der Waals surface area contributed by atoms with Gasteiger partial charge in [-0.15, -0.1) is 0 Å². The lowest BCUT2D eigenvalue weighted by atomic mass is 10.5. The molecule has 0 radical (unpaired) electrons. The van der Waals surface area contributed by atoms with Gasteiger partial charge in [-0.25, -0.2) is 0 Å². The lowest BCUT2D eigenvalue weighted by Gasteiger charge is -2.23. The van der Waals surface area contributed by atoms with Crippen molar-refractivity contribution in [3.05, 3.63) is 0 Å². The van der Waals surface area contributed by atoms with E-state index in [1.165, 1.54) is 0 Å². The van der Waals surface area contributed by atoms with Crippen LogP contribution in [0.3, 0.4) is 0 Å². The summed E-state index contributed by atoms with van der Waals surface area (Å²) in [6, 6.07) is 0. The number of rotatable bonds is 7. The third-order valence-electron chi connectivity index (χ3n) is 2.69. The van der Waals surface area contributed by atoms with Crippen LogP contribution in [0.4, 0.5) is 17.8 Å². The Morgan fingerprint density at radius 2 is 1.47 bits per heavy atom. The van der Waals surface area contributed by atoms with E-state index in [0.717, 1.165) is 13.1 Å². The van der Waals surface area contributed by atoms with E-state index in [9.17, 15) is 4.79 Å². The van der Waals surface area contributed by atoms with Crippen molar-refractivity contribution in [2.45, 2.75) is 20.8 Å². The Morgan fingerprint density at radius 3 is 1.89 bits per heavy atom. The maximum Gasteiger partial charge on any atom is 0.237 e. The standard InChI is InChI=1S/C11H21N7O/c1-4-17(5-2)10-14-9(13)15-11(16-10)18(6-3)7-8(12)19/h4-7H2,1-3H3,(H2,12,19)(H2,13,14,15,16). The molecule has 0 aliphatic rings. The first kappa shape index (κ1) is 14.9. The van der Waals surface area contributed by atoms with Gasteiger partial charge in [0, 0.05) is 19.6 Å². The molecule has 0 saturated heterocycles. The van der Waals surface area contributed by atoms with Gasteiger partial charge in [0.05, 0.1) is 6.54 Å². The monoisotopic (exact) mass is 267 g/mol. The van der Waals surface area contributed by atoms with E-state index in [0.29, 0.717) is 18.4 Å². The highest BCUT2D eigenvalue weighted by Crippen LogP contribution is 2.14. The Labute approximate surface area is 112 Å². The van der Waals surface area contributed by atoms with Crippen molar-refractivity contribution in [1.82, 2.24) is 15.0 Å². The molecule has 0 saturated carbocycles. The Balaban J connectivity index is 3.10. The number of amides is 1. The number of hydrogen-bond donors (Lipinski definition) is 2. The largest absolute Gasteiger partial charge is 0.368 e. The molecule has 1 aromatic heterocycles. The van der Waals surface area contributed by atoms with Crippen molar-refractivity contribution < 1.29 is 4.79 Å². The molecular formula is C11H21N7O. The summed E-state index contributed by atoms with van der Waals surface area (Å²) in [5.41, 5.74) is 10.9. The summed E-state index contributed by atoms with van der Waals surface area (Å²) in [7, 11) is 0. The fourth-order valence-electron chi connectivity index (χ4n) is 1.67. The number of hydrogen-bond acceptors (Lipinski definition) is 7. The predicted molar refractivity (Wildman–Crippen MR) is 74.9 cm³/mol. The number of carbonyl (C=O) groups excluding carboxylic acids is 1. The van der Waals surface area contributed by atoms with Gasteiger partial charge in [-0.1, -0.05) is 0 Å². The fraction of sp³-hybridized carbons (Fsp3) is 0.636. The second-order valence-corrected chi connectivity index (χ2v) is 3.95. The molecule has 0 unspecified atom stereocenters. The first-order valence-electron chi connectivity index (χ1n) is 6.31. The molecule has 1 heterocycles. The number of nitrogen functional groups attached to an aromatic ring is 1. The summed E-state index contributed by atoms with van der Waals surface area (Å²) in [6.45, 7) is 8.04. The zero-order valence-electron chi connectivity index (χ0n) is 11.6. The molecule has 8 heteroatoms. The second kappa shape index (κ2) is 6.72. The summed E-state index contributed by atoms with van der Waals surface area (Å²) in [6.07, 6.45) is 0. The van der Waals surface area contributed by atoms with Gasteiger partial charge < -0.3 is 21.3 Å². The number of nitrogens with zero attached hydrogens (tertiary/aromatic N) is 5. The van der Waals surface area contributed by atoms with Crippen LogP contribution in [0.1, 0.15) is 20.8 Å². The third kappa shape index (κ3) is 3.94. The highest BCUT2D eigenvalue weighted by atomic mass is 16.1. The average molecular weight is 267 g/mol. The first-order chi connectivity index (χ1) is 9.01. The zero-order chi connectivity index (χ0) is 14.4. The topological polar surface area (TPSA) is 114 Å². The van der Waals surface area contributed by atoms with Crippen molar-refractivity contribution in [3.8, 4) is 0 Å². The van der Waals surface area contributed by atoms with Crippen LogP contribution in [0.15, 0.2) is 0 Å². The van der Waals surface area contributed by atoms with Gasteiger partial charge in [0.1, 0.15) is 0 Å². The van der Waals surface area contributed by atoms with E-state index < -0.39 is 5.91 Å². The normalized spacial score (nSPS) is 10.3. The minimum Gasteiger partial charge on any atom is -0.368 e. The highest BCUT2D eigenvalue weighted by Gasteiger charge is 2.15. The van der Waals surface area contributed by atoms with Crippen LogP contribution in [-0.4, -0.2) is 47.0 Å². The van der Waals surface area contributed by atoms with Crippen molar-refractivity contribution in [2.75, 3.05) is 41.7 Å². The summed E-state index contributed by atoms with van der Waals surface area (Å²) in [4.78, 5) is 27.2. The molecule has 8 nitrogen and oxygen atoms in total. The van der Waals surface area contributed by atoms with Crippen molar-refractivity contribution in [3.63, 3.8) is 0 Å². The molecule has 0 spiro atoms. The first-order valence-corrected chi connectivity index (χ1v) is 6.31. The highest BCUT2D eigenvalue weighted by molar-refractivity contribution is 5.78. The van der Waals surface area contributed by atoms with Crippen molar-refractivity contribution >= 4 is 23.8 Å². The number of likely N-dealkylation sites (N-methyl/N-ethyl adjacent to an activating group) is 1. The van der Waals surface area contributed by atoms with Gasteiger partial charge in [-0.2, -0.15) is 15.0 Å². The molecule has 0 aliphatic carbocycles.